The lowest BCUT2D eigenvalue weighted by Gasteiger charge is -2.33. The second kappa shape index (κ2) is 9.61. The number of thioether (sulfide) groups is 1. The number of hydrogen-bond acceptors (Lipinski definition) is 8. The Bertz CT molecular complexity index is 1020. The van der Waals surface area contributed by atoms with Crippen LogP contribution in [0.5, 0.6) is 5.88 Å². The molecule has 7 nitrogen and oxygen atoms in total. The average Bonchev–Trinajstić information content (AvgIpc) is 3.22. The molecule has 0 unspecified atom stereocenters. The van der Waals surface area contributed by atoms with Crippen LogP contribution in [0.25, 0.3) is 10.2 Å². The molecule has 158 valence electrons. The molecule has 1 aliphatic heterocycles. The van der Waals surface area contributed by atoms with Gasteiger partial charge in [0.1, 0.15) is 17.7 Å². The minimum Gasteiger partial charge on any atom is -0.481 e. The lowest BCUT2D eigenvalue weighted by molar-refractivity contribution is -0.121. The largest absolute Gasteiger partial charge is 0.481 e. The fourth-order valence-electron chi connectivity index (χ4n) is 3.70. The van der Waals surface area contributed by atoms with E-state index >= 15 is 0 Å². The zero-order valence-electron chi connectivity index (χ0n) is 17.1. The summed E-state index contributed by atoms with van der Waals surface area (Å²) in [6.07, 6.45) is 8.42. The Labute approximate surface area is 184 Å². The lowest BCUT2D eigenvalue weighted by Crippen LogP contribution is -2.45. The number of aromatic nitrogens is 3. The van der Waals surface area contributed by atoms with E-state index in [0.29, 0.717) is 18.7 Å². The van der Waals surface area contributed by atoms with E-state index < -0.39 is 0 Å². The van der Waals surface area contributed by atoms with E-state index in [1.54, 1.807) is 42.7 Å². The molecule has 30 heavy (non-hydrogen) atoms. The highest BCUT2D eigenvalue weighted by Crippen LogP contribution is 2.36. The number of nitrogens with zero attached hydrogens (tertiary/aromatic N) is 4. The van der Waals surface area contributed by atoms with Crippen LogP contribution in [-0.2, 0) is 11.2 Å². The highest BCUT2D eigenvalue weighted by atomic mass is 32.2. The molecule has 1 fully saturated rings. The summed E-state index contributed by atoms with van der Waals surface area (Å²) in [7, 11) is 1.60. The molecule has 4 heterocycles. The van der Waals surface area contributed by atoms with Gasteiger partial charge in [0, 0.05) is 48.1 Å². The van der Waals surface area contributed by atoms with E-state index in [2.05, 4.69) is 36.8 Å². The lowest BCUT2D eigenvalue weighted by atomic mass is 10.0. The summed E-state index contributed by atoms with van der Waals surface area (Å²) < 4.78 is 6.29. The smallest absolute Gasteiger partial charge is 0.220 e. The van der Waals surface area contributed by atoms with E-state index in [1.165, 1.54) is 4.90 Å². The first-order chi connectivity index (χ1) is 14.7. The monoisotopic (exact) mass is 443 g/mol. The van der Waals surface area contributed by atoms with Gasteiger partial charge in [0.05, 0.1) is 11.8 Å². The molecule has 4 rings (SSSR count). The van der Waals surface area contributed by atoms with E-state index in [0.717, 1.165) is 47.5 Å². The highest BCUT2D eigenvalue weighted by Gasteiger charge is 2.23. The average molecular weight is 444 g/mol. The zero-order chi connectivity index (χ0) is 20.9. The first-order valence-corrected chi connectivity index (χ1v) is 12.1. The van der Waals surface area contributed by atoms with Crippen molar-refractivity contribution in [3.63, 3.8) is 0 Å². The zero-order valence-corrected chi connectivity index (χ0v) is 18.8. The fraction of sp³-hybridized carbons (Fsp3) is 0.429. The van der Waals surface area contributed by atoms with E-state index in [1.807, 2.05) is 12.1 Å². The summed E-state index contributed by atoms with van der Waals surface area (Å²) in [6, 6.07) is 4.01. The van der Waals surface area contributed by atoms with Crippen LogP contribution >= 0.6 is 23.1 Å². The number of hydrogen-bond donors (Lipinski definition) is 1. The molecule has 1 amide bonds. The van der Waals surface area contributed by atoms with E-state index in [9.17, 15) is 4.79 Å². The van der Waals surface area contributed by atoms with Gasteiger partial charge in [-0.1, -0.05) is 0 Å². The molecule has 1 N–H and O–H groups in total. The van der Waals surface area contributed by atoms with Crippen molar-refractivity contribution < 1.29 is 9.53 Å². The number of methoxy groups -OCH3 is 1. The summed E-state index contributed by atoms with van der Waals surface area (Å²) in [6.45, 7) is 1.76. The third-order valence-corrected chi connectivity index (χ3v) is 7.20. The van der Waals surface area contributed by atoms with Crippen LogP contribution in [0.2, 0.25) is 0 Å². The molecule has 0 saturated carbocycles. The van der Waals surface area contributed by atoms with Crippen LogP contribution in [0.15, 0.2) is 34.9 Å². The maximum Gasteiger partial charge on any atom is 0.220 e. The quantitative estimate of drug-likeness (QED) is 0.560. The van der Waals surface area contributed by atoms with Gasteiger partial charge in [-0.25, -0.2) is 15.0 Å². The molecule has 3 aromatic rings. The molecule has 0 bridgehead atoms. The summed E-state index contributed by atoms with van der Waals surface area (Å²) in [4.78, 5) is 29.0. The first kappa shape index (κ1) is 20.9. The van der Waals surface area contributed by atoms with Gasteiger partial charge in [-0.2, -0.15) is 0 Å². The molecule has 1 aliphatic rings. The number of pyridine rings is 1. The molecular weight excluding hydrogens is 418 g/mol. The number of nitrogens with one attached hydrogen (secondary N) is 1. The SMILES string of the molecule is COc1cc(CCC(=O)NC2CCN(c3ncnc4c(SC)csc34)CC2)ccn1. The summed E-state index contributed by atoms with van der Waals surface area (Å²) in [5.74, 6) is 1.69. The maximum atomic E-state index is 12.4. The predicted molar refractivity (Wildman–Crippen MR) is 122 cm³/mol. The summed E-state index contributed by atoms with van der Waals surface area (Å²) >= 11 is 3.42. The number of fused-ring (bicyclic) bond motifs is 1. The van der Waals surface area contributed by atoms with Gasteiger partial charge in [0.2, 0.25) is 11.8 Å². The van der Waals surface area contributed by atoms with Crippen LogP contribution < -0.4 is 15.0 Å². The van der Waals surface area contributed by atoms with Gasteiger partial charge < -0.3 is 15.0 Å². The van der Waals surface area contributed by atoms with Crippen LogP contribution in [0.1, 0.15) is 24.8 Å². The number of rotatable bonds is 7. The van der Waals surface area contributed by atoms with Gasteiger partial charge in [0.25, 0.3) is 0 Å². The van der Waals surface area contributed by atoms with Gasteiger partial charge in [0.15, 0.2) is 0 Å². The Morgan fingerprint density at radius 3 is 2.93 bits per heavy atom. The second-order valence-corrected chi connectivity index (χ2v) is 8.94. The normalized spacial score (nSPS) is 14.8. The number of amides is 1. The third-order valence-electron chi connectivity index (χ3n) is 5.33. The van der Waals surface area contributed by atoms with Crippen molar-refractivity contribution in [3.05, 3.63) is 35.6 Å². The molecule has 0 aliphatic carbocycles. The van der Waals surface area contributed by atoms with Gasteiger partial charge in [-0.05, 0) is 37.1 Å². The molecule has 0 atom stereocenters. The Kier molecular flexibility index (Phi) is 6.69. The minimum atomic E-state index is 0.0940. The van der Waals surface area contributed by atoms with Crippen LogP contribution in [0.3, 0.4) is 0 Å². The molecular formula is C21H25N5O2S2. The van der Waals surface area contributed by atoms with Crippen molar-refractivity contribution >= 4 is 45.0 Å². The molecule has 0 aromatic carbocycles. The van der Waals surface area contributed by atoms with Crippen molar-refractivity contribution in [1.82, 2.24) is 20.3 Å². The second-order valence-electron chi connectivity index (χ2n) is 7.21. The van der Waals surface area contributed by atoms with Gasteiger partial charge >= 0.3 is 0 Å². The standard InChI is InChI=1S/C21H25N5O2S2/c1-28-18-11-14(5-8-22-18)3-4-17(27)25-15-6-9-26(10-7-15)21-20-19(23-13-24-21)16(29-2)12-30-20/h5,8,11-13,15H,3-4,6-7,9-10H2,1-2H3,(H,25,27). The number of carbonyl (C=O) groups excluding carboxylic acids is 1. The molecule has 0 radical (unpaired) electrons. The molecule has 3 aromatic heterocycles. The molecule has 1 saturated heterocycles. The summed E-state index contributed by atoms with van der Waals surface area (Å²) in [5.41, 5.74) is 2.10. The molecule has 9 heteroatoms. The Morgan fingerprint density at radius 2 is 2.17 bits per heavy atom. The number of anilines is 1. The number of aryl methyl sites for hydroxylation is 1. The topological polar surface area (TPSA) is 80.2 Å². The van der Waals surface area contributed by atoms with Crippen molar-refractivity contribution in [3.8, 4) is 5.88 Å². The fourth-order valence-corrected chi connectivity index (χ4v) is 5.54. The number of carbonyl (C=O) groups is 1. The van der Waals surface area contributed by atoms with E-state index in [-0.39, 0.29) is 11.9 Å². The molecule has 0 spiro atoms. The number of ether oxygens (including phenoxy) is 1. The Balaban J connectivity index is 1.29. The Hall–Kier alpha value is -2.39. The first-order valence-electron chi connectivity index (χ1n) is 9.97. The van der Waals surface area contributed by atoms with Crippen molar-refractivity contribution in [2.45, 2.75) is 36.6 Å². The third kappa shape index (κ3) is 4.67. The van der Waals surface area contributed by atoms with Crippen LogP contribution in [-0.4, -0.2) is 53.4 Å². The highest BCUT2D eigenvalue weighted by molar-refractivity contribution is 7.99. The van der Waals surface area contributed by atoms with Gasteiger partial charge in [-0.15, -0.1) is 23.1 Å². The number of thiophene rings is 1. The van der Waals surface area contributed by atoms with Gasteiger partial charge in [-0.3, -0.25) is 4.79 Å². The van der Waals surface area contributed by atoms with E-state index in [4.69, 9.17) is 4.74 Å². The van der Waals surface area contributed by atoms with Crippen molar-refractivity contribution in [1.29, 1.82) is 0 Å². The van der Waals surface area contributed by atoms with Crippen molar-refractivity contribution in [2.75, 3.05) is 31.4 Å². The maximum absolute atomic E-state index is 12.4. The van der Waals surface area contributed by atoms with Crippen LogP contribution in [0.4, 0.5) is 5.82 Å². The predicted octanol–water partition coefficient (Wildman–Crippen LogP) is 3.53. The minimum absolute atomic E-state index is 0.0940. The van der Waals surface area contributed by atoms with Crippen LogP contribution in [0, 0.1) is 0 Å². The van der Waals surface area contributed by atoms with Crippen molar-refractivity contribution in [2.24, 2.45) is 0 Å². The summed E-state index contributed by atoms with van der Waals surface area (Å²) in [5, 5.41) is 5.35. The number of piperidine rings is 1. The Morgan fingerprint density at radius 1 is 1.33 bits per heavy atom.